The van der Waals surface area contributed by atoms with E-state index in [1.54, 1.807) is 4.90 Å². The molecule has 16 heavy (non-hydrogen) atoms. The van der Waals surface area contributed by atoms with Crippen molar-refractivity contribution in [2.24, 2.45) is 0 Å². The van der Waals surface area contributed by atoms with Crippen LogP contribution in [0.1, 0.15) is 0 Å². The molecule has 0 fully saturated rings. The molecule has 0 unspecified atom stereocenters. The van der Waals surface area contributed by atoms with Crippen LogP contribution in [-0.4, -0.2) is 65.8 Å². The van der Waals surface area contributed by atoms with Crippen LogP contribution < -0.4 is 113 Å². The maximum atomic E-state index is 8.48. The fraction of sp³-hybridized carbons (Fsp3) is 0.857. The minimum absolute atomic E-state index is 0. The zero-order valence-corrected chi connectivity index (χ0v) is 16.0. The zero-order chi connectivity index (χ0) is 11.4. The normalized spacial score (nSPS) is 8.25. The molecule has 0 saturated heterocycles. The Morgan fingerprint density at radius 2 is 1.06 bits per heavy atom. The first-order chi connectivity index (χ1) is 6.58. The fourth-order valence-corrected chi connectivity index (χ4v) is 0.760. The number of rotatable bonds is 6. The van der Waals surface area contributed by atoms with Gasteiger partial charge < -0.3 is 30.3 Å². The standard InChI is InChI=1S/C6H15NO3.CH2O3.2K/c8-4-1-7(2-5-9)3-6-10;2-1(3)4;;/h8-10H,1-6H2;(H2,2,3,4);;/q;;2*+1/p-2. The first kappa shape index (κ1) is 26.9. The van der Waals surface area contributed by atoms with E-state index < -0.39 is 6.16 Å². The van der Waals surface area contributed by atoms with Gasteiger partial charge in [-0.1, -0.05) is 0 Å². The van der Waals surface area contributed by atoms with E-state index in [1.807, 2.05) is 0 Å². The third-order valence-corrected chi connectivity index (χ3v) is 1.25. The van der Waals surface area contributed by atoms with Crippen LogP contribution in [0.15, 0.2) is 0 Å². The Morgan fingerprint density at radius 1 is 0.875 bits per heavy atom. The molecule has 0 rings (SSSR count). The molecule has 0 amide bonds. The quantitative estimate of drug-likeness (QED) is 0.414. The SMILES string of the molecule is O=C([O-])[O-].OCCN(CCO)CCO.[K+].[K+]. The van der Waals surface area contributed by atoms with Crippen LogP contribution in [0.5, 0.6) is 0 Å². The molecule has 86 valence electrons. The van der Waals surface area contributed by atoms with Crippen LogP contribution >= 0.6 is 0 Å². The van der Waals surface area contributed by atoms with Gasteiger partial charge in [-0.2, -0.15) is 0 Å². The van der Waals surface area contributed by atoms with Crippen molar-refractivity contribution in [1.82, 2.24) is 4.90 Å². The Bertz CT molecular complexity index is 122. The second-order valence-corrected chi connectivity index (χ2v) is 2.26. The number of hydrogen-bond donors (Lipinski definition) is 3. The van der Waals surface area contributed by atoms with Gasteiger partial charge in [0, 0.05) is 19.6 Å². The minimum atomic E-state index is -2.33. The van der Waals surface area contributed by atoms with Crippen molar-refractivity contribution < 1.29 is 133 Å². The smallest absolute Gasteiger partial charge is 0.652 e. The summed E-state index contributed by atoms with van der Waals surface area (Å²) in [6.45, 7) is 1.75. The molecule has 0 aliphatic rings. The summed E-state index contributed by atoms with van der Waals surface area (Å²) in [7, 11) is 0. The Labute approximate surface area is 180 Å². The molecule has 0 bridgehead atoms. The van der Waals surface area contributed by atoms with Gasteiger partial charge >= 0.3 is 103 Å². The molecule has 0 saturated carbocycles. The molecule has 0 heterocycles. The van der Waals surface area contributed by atoms with Crippen molar-refractivity contribution in [2.75, 3.05) is 39.5 Å². The van der Waals surface area contributed by atoms with Gasteiger partial charge in [-0.25, -0.2) is 0 Å². The Balaban J connectivity index is -0.000000105. The minimum Gasteiger partial charge on any atom is -0.652 e. The molecule has 7 nitrogen and oxygen atoms in total. The van der Waals surface area contributed by atoms with Gasteiger partial charge in [0.2, 0.25) is 0 Å². The maximum absolute atomic E-state index is 8.48. The largest absolute Gasteiger partial charge is 1.00 e. The number of aliphatic hydroxyl groups is 3. The molecular formula is C7H15K2NO6. The van der Waals surface area contributed by atoms with E-state index in [0.29, 0.717) is 19.6 Å². The molecule has 0 aliphatic heterocycles. The Kier molecular flexibility index (Phi) is 37.8. The average molecular weight is 287 g/mol. The molecule has 9 heteroatoms. The number of carbonyl (C=O) groups is 1. The van der Waals surface area contributed by atoms with Crippen LogP contribution in [0.3, 0.4) is 0 Å². The summed E-state index contributed by atoms with van der Waals surface area (Å²) in [5, 5.41) is 42.1. The molecule has 0 aromatic heterocycles. The van der Waals surface area contributed by atoms with Gasteiger partial charge in [0.1, 0.15) is 0 Å². The van der Waals surface area contributed by atoms with Crippen LogP contribution in [0.2, 0.25) is 0 Å². The Morgan fingerprint density at radius 3 is 1.19 bits per heavy atom. The van der Waals surface area contributed by atoms with Crippen LogP contribution in [-0.2, 0) is 0 Å². The summed E-state index contributed by atoms with van der Waals surface area (Å²) in [6, 6.07) is 0. The number of carbonyl (C=O) groups excluding carboxylic acids is 1. The van der Waals surface area contributed by atoms with Crippen LogP contribution in [0.25, 0.3) is 0 Å². The van der Waals surface area contributed by atoms with Crippen LogP contribution in [0.4, 0.5) is 4.79 Å². The molecule has 0 aliphatic carbocycles. The van der Waals surface area contributed by atoms with E-state index >= 15 is 0 Å². The number of carboxylic acid groups (broad SMARTS) is 2. The summed E-state index contributed by atoms with van der Waals surface area (Å²) in [4.78, 5) is 10.1. The zero-order valence-electron chi connectivity index (χ0n) is 9.76. The third kappa shape index (κ3) is 29.9. The summed E-state index contributed by atoms with van der Waals surface area (Å²) in [5.41, 5.74) is 0. The predicted octanol–water partition coefficient (Wildman–Crippen LogP) is -10.2. The van der Waals surface area contributed by atoms with E-state index in [-0.39, 0.29) is 123 Å². The fourth-order valence-electron chi connectivity index (χ4n) is 0.760. The molecule has 0 spiro atoms. The molecule has 3 N–H and O–H groups in total. The molecule has 0 radical (unpaired) electrons. The molecule has 0 aromatic rings. The molecule has 0 atom stereocenters. The van der Waals surface area contributed by atoms with Gasteiger partial charge in [-0.05, 0) is 6.16 Å². The Hall–Kier alpha value is 2.38. The summed E-state index contributed by atoms with van der Waals surface area (Å²) in [6.07, 6.45) is -2.33. The number of aliphatic hydroxyl groups excluding tert-OH is 3. The molecule has 0 aromatic carbocycles. The van der Waals surface area contributed by atoms with E-state index in [4.69, 9.17) is 30.3 Å². The van der Waals surface area contributed by atoms with E-state index in [2.05, 4.69) is 0 Å². The predicted molar refractivity (Wildman–Crippen MR) is 43.1 cm³/mol. The van der Waals surface area contributed by atoms with Gasteiger partial charge in [0.15, 0.2) is 0 Å². The van der Waals surface area contributed by atoms with Crippen molar-refractivity contribution in [2.45, 2.75) is 0 Å². The topological polar surface area (TPSA) is 127 Å². The van der Waals surface area contributed by atoms with Crippen molar-refractivity contribution >= 4 is 6.16 Å². The number of hydrogen-bond acceptors (Lipinski definition) is 7. The first-order valence-corrected chi connectivity index (χ1v) is 4.01. The van der Waals surface area contributed by atoms with Crippen molar-refractivity contribution in [3.8, 4) is 0 Å². The third-order valence-electron chi connectivity index (χ3n) is 1.25. The van der Waals surface area contributed by atoms with Gasteiger partial charge in [-0.15, -0.1) is 0 Å². The summed E-state index contributed by atoms with van der Waals surface area (Å²) >= 11 is 0. The van der Waals surface area contributed by atoms with Gasteiger partial charge in [0.25, 0.3) is 0 Å². The maximum Gasteiger partial charge on any atom is 1.00 e. The second kappa shape index (κ2) is 22.6. The summed E-state index contributed by atoms with van der Waals surface area (Å²) in [5.74, 6) is 0. The van der Waals surface area contributed by atoms with Gasteiger partial charge in [0.05, 0.1) is 19.8 Å². The van der Waals surface area contributed by atoms with E-state index in [9.17, 15) is 0 Å². The monoisotopic (exact) mass is 287 g/mol. The van der Waals surface area contributed by atoms with Crippen molar-refractivity contribution in [3.05, 3.63) is 0 Å². The average Bonchev–Trinajstić information content (AvgIpc) is 2.04. The van der Waals surface area contributed by atoms with Crippen molar-refractivity contribution in [1.29, 1.82) is 0 Å². The van der Waals surface area contributed by atoms with Crippen molar-refractivity contribution in [3.63, 3.8) is 0 Å². The van der Waals surface area contributed by atoms with Gasteiger partial charge in [-0.3, -0.25) is 4.90 Å². The summed E-state index contributed by atoms with van der Waals surface area (Å²) < 4.78 is 0. The second-order valence-electron chi connectivity index (χ2n) is 2.26. The molecular weight excluding hydrogens is 272 g/mol. The number of nitrogens with zero attached hydrogens (tertiary/aromatic N) is 1. The van der Waals surface area contributed by atoms with Crippen LogP contribution in [0, 0.1) is 0 Å². The van der Waals surface area contributed by atoms with E-state index in [0.717, 1.165) is 0 Å². The first-order valence-electron chi connectivity index (χ1n) is 4.01. The van der Waals surface area contributed by atoms with E-state index in [1.165, 1.54) is 0 Å².